The maximum absolute atomic E-state index is 14.3. The first kappa shape index (κ1) is 23.8. The molecule has 4 atom stereocenters. The van der Waals surface area contributed by atoms with Crippen LogP contribution in [-0.2, 0) is 9.59 Å². The Labute approximate surface area is 192 Å². The fourth-order valence-corrected chi connectivity index (χ4v) is 5.53. The number of hydrogen-bond donors (Lipinski definition) is 1. The van der Waals surface area contributed by atoms with Gasteiger partial charge in [-0.3, -0.25) is 9.59 Å². The number of likely N-dealkylation sites (tertiary alicyclic amines) is 1. The highest BCUT2D eigenvalue weighted by Crippen LogP contribution is 2.53. The summed E-state index contributed by atoms with van der Waals surface area (Å²) in [6, 6.07) is 3.91. The van der Waals surface area contributed by atoms with E-state index in [2.05, 4.69) is 6.92 Å². The topological polar surface area (TPSA) is 57.6 Å². The molecule has 1 aromatic carbocycles. The summed E-state index contributed by atoms with van der Waals surface area (Å²) in [5.74, 6) is -1.99. The van der Waals surface area contributed by atoms with E-state index in [-0.39, 0.29) is 41.8 Å². The monoisotopic (exact) mass is 467 g/mol. The van der Waals surface area contributed by atoms with E-state index in [1.165, 1.54) is 12.1 Å². The smallest absolute Gasteiger partial charge is 0.304 e. The van der Waals surface area contributed by atoms with Gasteiger partial charge in [-0.05, 0) is 56.5 Å². The molecule has 0 aromatic heterocycles. The van der Waals surface area contributed by atoms with Crippen molar-refractivity contribution in [3.63, 3.8) is 0 Å². The maximum atomic E-state index is 14.3. The Morgan fingerprint density at radius 3 is 2.48 bits per heavy atom. The molecule has 2 aliphatic rings. The summed E-state index contributed by atoms with van der Waals surface area (Å²) < 4.78 is 14.3. The summed E-state index contributed by atoms with van der Waals surface area (Å²) in [5, 5.41) is 10.4. The van der Waals surface area contributed by atoms with Gasteiger partial charge < -0.3 is 10.0 Å². The van der Waals surface area contributed by atoms with Crippen LogP contribution in [0.3, 0.4) is 0 Å². The molecule has 0 bridgehead atoms. The van der Waals surface area contributed by atoms with Gasteiger partial charge in [0.25, 0.3) is 0 Å². The van der Waals surface area contributed by atoms with E-state index in [0.717, 1.165) is 0 Å². The third-order valence-electron chi connectivity index (χ3n) is 6.55. The highest BCUT2D eigenvalue weighted by atomic mass is 35.5. The van der Waals surface area contributed by atoms with Crippen LogP contribution in [0.25, 0.3) is 0 Å². The lowest BCUT2D eigenvalue weighted by Crippen LogP contribution is -2.63. The molecular formula is C24H28Cl2FNO3. The van der Waals surface area contributed by atoms with Crippen molar-refractivity contribution in [2.24, 2.45) is 10.8 Å². The van der Waals surface area contributed by atoms with Gasteiger partial charge >= 0.3 is 5.97 Å². The molecule has 1 aromatic rings. The second kappa shape index (κ2) is 8.59. The molecule has 1 fully saturated rings. The van der Waals surface area contributed by atoms with Crippen LogP contribution in [0.1, 0.15) is 58.4 Å². The third-order valence-corrected chi connectivity index (χ3v) is 7.05. The number of amides is 1. The number of carbonyl (C=O) groups excluding carboxylic acids is 1. The van der Waals surface area contributed by atoms with Crippen LogP contribution in [0.5, 0.6) is 0 Å². The Morgan fingerprint density at radius 2 is 1.97 bits per heavy atom. The molecule has 3 rings (SSSR count). The standard InChI is InChI=1S/C24H28Cl2FNO3/c1-14(2)28-21(23(3)7-5-16(25)6-8-23)19(15-9-17(26)11-18(27)10-15)12-24(4,22(28)31)13-20(29)30/h5-7,9-11,14,19,21H,8,12-13H2,1-4H3,(H,29,30). The number of allylic oxidation sites excluding steroid dienone is 3. The van der Waals surface area contributed by atoms with Gasteiger partial charge in [-0.2, -0.15) is 0 Å². The number of carboxylic acid groups (broad SMARTS) is 1. The number of carboxylic acids is 1. The van der Waals surface area contributed by atoms with Crippen molar-refractivity contribution in [1.29, 1.82) is 0 Å². The van der Waals surface area contributed by atoms with E-state index in [0.29, 0.717) is 17.0 Å². The largest absolute Gasteiger partial charge is 0.481 e. The summed E-state index contributed by atoms with van der Waals surface area (Å²) in [7, 11) is 0. The SMILES string of the molecule is CC(C)N1C(=O)C(C)(CC(=O)O)CC(c2cc(F)cc(Cl)c2)C1C1(C)C=CC(Cl)=CC1. The zero-order valence-electron chi connectivity index (χ0n) is 18.2. The van der Waals surface area contributed by atoms with E-state index in [1.54, 1.807) is 17.9 Å². The third kappa shape index (κ3) is 4.68. The second-order valence-electron chi connectivity index (χ2n) is 9.53. The lowest BCUT2D eigenvalue weighted by Gasteiger charge is -2.56. The summed E-state index contributed by atoms with van der Waals surface area (Å²) in [4.78, 5) is 27.1. The Morgan fingerprint density at radius 1 is 1.29 bits per heavy atom. The van der Waals surface area contributed by atoms with E-state index < -0.39 is 22.6 Å². The van der Waals surface area contributed by atoms with Crippen molar-refractivity contribution in [1.82, 2.24) is 4.90 Å². The number of nitrogens with zero attached hydrogens (tertiary/aromatic N) is 1. The van der Waals surface area contributed by atoms with Crippen molar-refractivity contribution in [3.8, 4) is 0 Å². The molecule has 1 heterocycles. The van der Waals surface area contributed by atoms with Crippen LogP contribution in [-0.4, -0.2) is 34.0 Å². The molecule has 1 aliphatic carbocycles. The Balaban J connectivity index is 2.21. The number of hydrogen-bond acceptors (Lipinski definition) is 2. The Hall–Kier alpha value is -1.85. The minimum absolute atomic E-state index is 0.177. The lowest BCUT2D eigenvalue weighted by atomic mass is 9.61. The quantitative estimate of drug-likeness (QED) is 0.565. The van der Waals surface area contributed by atoms with Gasteiger partial charge in [0, 0.05) is 33.5 Å². The Kier molecular flexibility index (Phi) is 6.60. The number of halogens is 3. The number of carbonyl (C=O) groups is 2. The van der Waals surface area contributed by atoms with Crippen molar-refractivity contribution < 1.29 is 19.1 Å². The molecule has 0 spiro atoms. The van der Waals surface area contributed by atoms with Crippen LogP contribution in [0.15, 0.2) is 41.5 Å². The summed E-state index contributed by atoms with van der Waals surface area (Å²) in [6.07, 6.45) is 6.36. The molecule has 4 nitrogen and oxygen atoms in total. The van der Waals surface area contributed by atoms with Crippen molar-refractivity contribution in [2.45, 2.75) is 65.0 Å². The molecule has 1 saturated heterocycles. The second-order valence-corrected chi connectivity index (χ2v) is 10.4. The summed E-state index contributed by atoms with van der Waals surface area (Å²) in [6.45, 7) is 7.60. The van der Waals surface area contributed by atoms with E-state index >= 15 is 0 Å². The van der Waals surface area contributed by atoms with Gasteiger partial charge in [0.15, 0.2) is 0 Å². The predicted molar refractivity (Wildman–Crippen MR) is 121 cm³/mol. The fourth-order valence-electron chi connectivity index (χ4n) is 5.16. The first-order valence-corrected chi connectivity index (χ1v) is 11.2. The first-order chi connectivity index (χ1) is 14.4. The van der Waals surface area contributed by atoms with Crippen LogP contribution in [0.2, 0.25) is 5.02 Å². The minimum Gasteiger partial charge on any atom is -0.481 e. The summed E-state index contributed by atoms with van der Waals surface area (Å²) >= 11 is 12.4. The number of aliphatic carboxylic acids is 1. The van der Waals surface area contributed by atoms with Crippen LogP contribution in [0.4, 0.5) is 4.39 Å². The summed E-state index contributed by atoms with van der Waals surface area (Å²) in [5.41, 5.74) is -0.912. The van der Waals surface area contributed by atoms with Gasteiger partial charge in [0.2, 0.25) is 5.91 Å². The molecule has 0 radical (unpaired) electrons. The van der Waals surface area contributed by atoms with Gasteiger partial charge in [0.05, 0.1) is 11.8 Å². The molecule has 1 aliphatic heterocycles. The highest BCUT2D eigenvalue weighted by molar-refractivity contribution is 6.31. The maximum Gasteiger partial charge on any atom is 0.304 e. The normalized spacial score (nSPS) is 31.2. The van der Waals surface area contributed by atoms with Crippen molar-refractivity contribution in [3.05, 3.63) is 57.9 Å². The van der Waals surface area contributed by atoms with Gasteiger partial charge in [0.1, 0.15) is 5.82 Å². The van der Waals surface area contributed by atoms with Gasteiger partial charge in [-0.25, -0.2) is 4.39 Å². The average Bonchev–Trinajstić information content (AvgIpc) is 2.64. The lowest BCUT2D eigenvalue weighted by molar-refractivity contribution is -0.162. The molecule has 4 unspecified atom stereocenters. The molecule has 1 amide bonds. The van der Waals surface area contributed by atoms with Crippen molar-refractivity contribution in [2.75, 3.05) is 0 Å². The predicted octanol–water partition coefficient (Wildman–Crippen LogP) is 6.14. The van der Waals surface area contributed by atoms with E-state index in [9.17, 15) is 19.1 Å². The number of rotatable bonds is 5. The molecule has 0 saturated carbocycles. The number of piperidine rings is 1. The fraction of sp³-hybridized carbons (Fsp3) is 0.500. The molecule has 31 heavy (non-hydrogen) atoms. The van der Waals surface area contributed by atoms with E-state index in [4.69, 9.17) is 23.2 Å². The zero-order chi connectivity index (χ0) is 23.1. The Bertz CT molecular complexity index is 940. The minimum atomic E-state index is -1.11. The first-order valence-electron chi connectivity index (χ1n) is 10.4. The van der Waals surface area contributed by atoms with Gasteiger partial charge in [-0.1, -0.05) is 49.2 Å². The zero-order valence-corrected chi connectivity index (χ0v) is 19.7. The van der Waals surface area contributed by atoms with Crippen molar-refractivity contribution >= 4 is 35.1 Å². The molecule has 7 heteroatoms. The van der Waals surface area contributed by atoms with Crippen LogP contribution < -0.4 is 0 Å². The van der Waals surface area contributed by atoms with Gasteiger partial charge in [-0.15, -0.1) is 0 Å². The van der Waals surface area contributed by atoms with Crippen LogP contribution >= 0.6 is 23.2 Å². The molecule has 1 N–H and O–H groups in total. The molecular weight excluding hydrogens is 440 g/mol. The highest BCUT2D eigenvalue weighted by Gasteiger charge is 2.55. The molecule has 168 valence electrons. The van der Waals surface area contributed by atoms with E-state index in [1.807, 2.05) is 32.1 Å². The van der Waals surface area contributed by atoms with Crippen LogP contribution in [0, 0.1) is 16.6 Å². The average molecular weight is 468 g/mol. The number of benzene rings is 1.